The zero-order valence-corrected chi connectivity index (χ0v) is 20.6. The largest absolute Gasteiger partial charge is 0.354 e. The third-order valence-corrected chi connectivity index (χ3v) is 6.79. The van der Waals surface area contributed by atoms with Gasteiger partial charge in [0.25, 0.3) is 5.91 Å². The van der Waals surface area contributed by atoms with E-state index >= 15 is 0 Å². The molecule has 2 saturated heterocycles. The van der Waals surface area contributed by atoms with Crippen molar-refractivity contribution in [3.05, 3.63) is 66.2 Å². The Morgan fingerprint density at radius 1 is 0.943 bits per heavy atom. The minimum Gasteiger partial charge on any atom is -0.354 e. The van der Waals surface area contributed by atoms with Gasteiger partial charge in [-0.25, -0.2) is 4.79 Å². The number of rotatable bonds is 7. The van der Waals surface area contributed by atoms with E-state index in [2.05, 4.69) is 15.5 Å². The van der Waals surface area contributed by atoms with E-state index in [0.29, 0.717) is 51.6 Å². The third-order valence-electron chi connectivity index (χ3n) is 6.79. The molecule has 4 rings (SSSR count). The molecular formula is C27H35N5O3. The lowest BCUT2D eigenvalue weighted by Gasteiger charge is -2.43. The molecule has 2 heterocycles. The summed E-state index contributed by atoms with van der Waals surface area (Å²) in [5.74, 6) is 0.165. The Morgan fingerprint density at radius 3 is 2.20 bits per heavy atom. The number of carbonyl (C=O) groups is 3. The van der Waals surface area contributed by atoms with Crippen LogP contribution in [-0.2, 0) is 16.1 Å². The van der Waals surface area contributed by atoms with Crippen molar-refractivity contribution in [3.8, 4) is 0 Å². The van der Waals surface area contributed by atoms with Gasteiger partial charge in [-0.2, -0.15) is 0 Å². The first kappa shape index (κ1) is 24.6. The third kappa shape index (κ3) is 5.58. The molecule has 0 atom stereocenters. The molecule has 2 aromatic rings. The van der Waals surface area contributed by atoms with Crippen LogP contribution in [0.4, 0.5) is 10.5 Å². The lowest BCUT2D eigenvalue weighted by atomic mass is 9.85. The number of piperidine rings is 1. The second kappa shape index (κ2) is 10.8. The standard InChI is InChI=1S/C27H35N5O3/c1-21(2)17-28-24(33)19-31-20-32(23-11-7-4-8-12-23)27(25(31)34)13-15-30(16-14-27)26(35)29-18-22-9-5-3-6-10-22/h3-12,21H,13-20H2,1-2H3,(H,28,33)(H,29,35). The van der Waals surface area contributed by atoms with Crippen molar-refractivity contribution in [2.45, 2.75) is 38.8 Å². The van der Waals surface area contributed by atoms with Crippen molar-refractivity contribution >= 4 is 23.5 Å². The fraction of sp³-hybridized carbons (Fsp3) is 0.444. The normalized spacial score (nSPS) is 17.2. The van der Waals surface area contributed by atoms with Gasteiger partial charge in [0.15, 0.2) is 0 Å². The minimum atomic E-state index is -0.754. The quantitative estimate of drug-likeness (QED) is 0.642. The summed E-state index contributed by atoms with van der Waals surface area (Å²) >= 11 is 0. The van der Waals surface area contributed by atoms with Crippen molar-refractivity contribution < 1.29 is 14.4 Å². The van der Waals surface area contributed by atoms with E-state index in [4.69, 9.17) is 0 Å². The van der Waals surface area contributed by atoms with Crippen LogP contribution in [0, 0.1) is 5.92 Å². The predicted molar refractivity (Wildman–Crippen MR) is 136 cm³/mol. The van der Waals surface area contributed by atoms with Crippen molar-refractivity contribution in [2.24, 2.45) is 5.92 Å². The number of urea groups is 1. The lowest BCUT2D eigenvalue weighted by Crippen LogP contribution is -2.58. The molecule has 186 valence electrons. The summed E-state index contributed by atoms with van der Waals surface area (Å²) < 4.78 is 0. The number of nitrogens with zero attached hydrogens (tertiary/aromatic N) is 3. The van der Waals surface area contributed by atoms with Crippen LogP contribution in [0.5, 0.6) is 0 Å². The van der Waals surface area contributed by atoms with Gasteiger partial charge in [0.05, 0.1) is 6.67 Å². The Bertz CT molecular complexity index is 1020. The molecule has 0 saturated carbocycles. The van der Waals surface area contributed by atoms with Crippen LogP contribution in [0.25, 0.3) is 0 Å². The molecule has 0 aliphatic carbocycles. The predicted octanol–water partition coefficient (Wildman–Crippen LogP) is 2.81. The Balaban J connectivity index is 1.44. The van der Waals surface area contributed by atoms with E-state index in [1.165, 1.54) is 0 Å². The summed E-state index contributed by atoms with van der Waals surface area (Å²) in [5.41, 5.74) is 1.24. The Labute approximate surface area is 207 Å². The summed E-state index contributed by atoms with van der Waals surface area (Å²) in [7, 11) is 0. The maximum atomic E-state index is 13.7. The highest BCUT2D eigenvalue weighted by Gasteiger charge is 2.54. The Kier molecular flexibility index (Phi) is 7.58. The van der Waals surface area contributed by atoms with E-state index in [-0.39, 0.29) is 24.4 Å². The van der Waals surface area contributed by atoms with Crippen molar-refractivity contribution in [2.75, 3.05) is 37.7 Å². The smallest absolute Gasteiger partial charge is 0.317 e. The summed E-state index contributed by atoms with van der Waals surface area (Å²) in [4.78, 5) is 44.6. The molecule has 0 radical (unpaired) electrons. The van der Waals surface area contributed by atoms with E-state index in [1.807, 2.05) is 74.5 Å². The number of para-hydroxylation sites is 1. The highest BCUT2D eigenvalue weighted by Crippen LogP contribution is 2.39. The number of likely N-dealkylation sites (tertiary alicyclic amines) is 1. The van der Waals surface area contributed by atoms with E-state index in [0.717, 1.165) is 11.3 Å². The number of hydrogen-bond donors (Lipinski definition) is 2. The topological polar surface area (TPSA) is 85.0 Å². The molecule has 4 amide bonds. The fourth-order valence-corrected chi connectivity index (χ4v) is 4.83. The number of carbonyl (C=O) groups excluding carboxylic acids is 3. The summed E-state index contributed by atoms with van der Waals surface area (Å²) in [6.45, 7) is 6.48. The van der Waals surface area contributed by atoms with Crippen LogP contribution in [0.1, 0.15) is 32.3 Å². The zero-order valence-electron chi connectivity index (χ0n) is 20.6. The van der Waals surface area contributed by atoms with Crippen LogP contribution in [0.2, 0.25) is 0 Å². The van der Waals surface area contributed by atoms with Crippen molar-refractivity contribution in [3.63, 3.8) is 0 Å². The molecule has 8 nitrogen and oxygen atoms in total. The maximum Gasteiger partial charge on any atom is 0.317 e. The summed E-state index contributed by atoms with van der Waals surface area (Å²) in [6, 6.07) is 19.5. The molecule has 2 fully saturated rings. The van der Waals surface area contributed by atoms with Crippen LogP contribution in [0.15, 0.2) is 60.7 Å². The second-order valence-electron chi connectivity index (χ2n) is 9.77. The average molecular weight is 478 g/mol. The van der Waals surface area contributed by atoms with E-state index < -0.39 is 5.54 Å². The first-order chi connectivity index (χ1) is 16.9. The van der Waals surface area contributed by atoms with Gasteiger partial charge in [0, 0.05) is 31.9 Å². The number of benzene rings is 2. The van der Waals surface area contributed by atoms with Gasteiger partial charge in [-0.3, -0.25) is 9.59 Å². The van der Waals surface area contributed by atoms with Gasteiger partial charge in [0.1, 0.15) is 12.1 Å². The number of hydrogen-bond acceptors (Lipinski definition) is 4. The molecule has 35 heavy (non-hydrogen) atoms. The maximum absolute atomic E-state index is 13.7. The molecular weight excluding hydrogens is 442 g/mol. The highest BCUT2D eigenvalue weighted by atomic mass is 16.2. The molecule has 2 aliphatic heterocycles. The highest BCUT2D eigenvalue weighted by molar-refractivity contribution is 5.96. The minimum absolute atomic E-state index is 0.0367. The zero-order chi connectivity index (χ0) is 24.8. The van der Waals surface area contributed by atoms with Gasteiger partial charge in [-0.15, -0.1) is 0 Å². The van der Waals surface area contributed by atoms with Gasteiger partial charge >= 0.3 is 6.03 Å². The molecule has 2 aliphatic rings. The van der Waals surface area contributed by atoms with Gasteiger partial charge in [0.2, 0.25) is 5.91 Å². The fourth-order valence-electron chi connectivity index (χ4n) is 4.83. The molecule has 2 aromatic carbocycles. The first-order valence-electron chi connectivity index (χ1n) is 12.3. The second-order valence-corrected chi connectivity index (χ2v) is 9.77. The van der Waals surface area contributed by atoms with Crippen LogP contribution < -0.4 is 15.5 Å². The summed E-state index contributed by atoms with van der Waals surface area (Å²) in [6.07, 6.45) is 1.03. The monoisotopic (exact) mass is 477 g/mol. The molecule has 0 aromatic heterocycles. The Morgan fingerprint density at radius 2 is 1.57 bits per heavy atom. The van der Waals surface area contributed by atoms with Crippen molar-refractivity contribution in [1.82, 2.24) is 20.4 Å². The van der Waals surface area contributed by atoms with E-state index in [9.17, 15) is 14.4 Å². The van der Waals surface area contributed by atoms with Crippen molar-refractivity contribution in [1.29, 1.82) is 0 Å². The Hall–Kier alpha value is -3.55. The first-order valence-corrected chi connectivity index (χ1v) is 12.3. The average Bonchev–Trinajstić information content (AvgIpc) is 3.13. The van der Waals surface area contributed by atoms with E-state index in [1.54, 1.807) is 9.80 Å². The van der Waals surface area contributed by atoms with Gasteiger partial charge in [-0.1, -0.05) is 62.4 Å². The molecule has 8 heteroatoms. The van der Waals surface area contributed by atoms with Crippen LogP contribution in [0.3, 0.4) is 0 Å². The molecule has 0 unspecified atom stereocenters. The van der Waals surface area contributed by atoms with Gasteiger partial charge < -0.3 is 25.3 Å². The molecule has 1 spiro atoms. The number of anilines is 1. The SMILES string of the molecule is CC(C)CNC(=O)CN1CN(c2ccccc2)C2(CCN(C(=O)NCc3ccccc3)CC2)C1=O. The van der Waals surface area contributed by atoms with Crippen LogP contribution in [-0.4, -0.2) is 66.0 Å². The summed E-state index contributed by atoms with van der Waals surface area (Å²) in [5, 5.41) is 5.90. The lowest BCUT2D eigenvalue weighted by molar-refractivity contribution is -0.137. The molecule has 0 bridgehead atoms. The number of amides is 4. The molecule has 2 N–H and O–H groups in total. The number of nitrogens with one attached hydrogen (secondary N) is 2. The van der Waals surface area contributed by atoms with Crippen LogP contribution >= 0.6 is 0 Å². The van der Waals surface area contributed by atoms with Gasteiger partial charge in [-0.05, 0) is 36.5 Å².